The van der Waals surface area contributed by atoms with Crippen molar-refractivity contribution in [3.63, 3.8) is 0 Å². The van der Waals surface area contributed by atoms with Gasteiger partial charge in [-0.25, -0.2) is 8.78 Å². The van der Waals surface area contributed by atoms with Gasteiger partial charge in [0.2, 0.25) is 5.88 Å². The molecule has 2 aromatic rings. The summed E-state index contributed by atoms with van der Waals surface area (Å²) in [4.78, 5) is 2.49. The van der Waals surface area contributed by atoms with Gasteiger partial charge in [0.05, 0.1) is 5.69 Å². The summed E-state index contributed by atoms with van der Waals surface area (Å²) >= 11 is 0. The second kappa shape index (κ2) is 6.43. The van der Waals surface area contributed by atoms with Crippen molar-refractivity contribution in [2.24, 2.45) is 5.92 Å². The predicted molar refractivity (Wildman–Crippen MR) is 85.6 cm³/mol. The summed E-state index contributed by atoms with van der Waals surface area (Å²) in [6.07, 6.45) is 3.59. The smallest absolute Gasteiger partial charge is 0.233 e. The first-order valence-electron chi connectivity index (χ1n) is 8.36. The highest BCUT2D eigenvalue weighted by Crippen LogP contribution is 2.29. The predicted octanol–water partition coefficient (Wildman–Crippen LogP) is 3.28. The molecule has 6 heteroatoms. The molecule has 0 N–H and O–H groups in total. The molecule has 2 bridgehead atoms. The lowest BCUT2D eigenvalue weighted by Gasteiger charge is -2.42. The van der Waals surface area contributed by atoms with Gasteiger partial charge < -0.3 is 9.64 Å². The maximum atomic E-state index is 13.3. The lowest BCUT2D eigenvalue weighted by molar-refractivity contribution is 0.0123. The van der Waals surface area contributed by atoms with Gasteiger partial charge in [-0.05, 0) is 44.0 Å². The van der Waals surface area contributed by atoms with Gasteiger partial charge in [-0.15, -0.1) is 10.2 Å². The molecular weight excluding hydrogens is 312 g/mol. The molecule has 2 aliphatic rings. The zero-order valence-electron chi connectivity index (χ0n) is 13.3. The third-order valence-electron chi connectivity index (χ3n) is 4.87. The van der Waals surface area contributed by atoms with E-state index in [1.807, 2.05) is 0 Å². The summed E-state index contributed by atoms with van der Waals surface area (Å²) in [5, 5.41) is 8.14. The Balaban J connectivity index is 1.47. The third-order valence-corrected chi connectivity index (χ3v) is 4.87. The van der Waals surface area contributed by atoms with Crippen molar-refractivity contribution in [2.75, 3.05) is 19.6 Å². The monoisotopic (exact) mass is 331 g/mol. The van der Waals surface area contributed by atoms with Crippen molar-refractivity contribution < 1.29 is 13.5 Å². The fourth-order valence-corrected chi connectivity index (χ4v) is 3.69. The molecule has 0 saturated carbocycles. The number of nitrogens with zero attached hydrogens (tertiary/aromatic N) is 3. The SMILES string of the molecule is Fc1cc(F)cc(-c2ccc(O[C@H]3CCN4CCC[C@H]3C4)nn2)c1. The number of ether oxygens (including phenoxy) is 1. The Morgan fingerprint density at radius 3 is 2.58 bits per heavy atom. The Hall–Kier alpha value is -2.08. The van der Waals surface area contributed by atoms with Crippen molar-refractivity contribution in [1.29, 1.82) is 0 Å². The van der Waals surface area contributed by atoms with E-state index in [4.69, 9.17) is 4.74 Å². The van der Waals surface area contributed by atoms with Crippen molar-refractivity contribution in [3.05, 3.63) is 42.0 Å². The molecule has 4 rings (SSSR count). The van der Waals surface area contributed by atoms with E-state index in [1.165, 1.54) is 31.5 Å². The van der Waals surface area contributed by atoms with E-state index in [0.29, 0.717) is 23.1 Å². The second-order valence-corrected chi connectivity index (χ2v) is 6.56. The minimum absolute atomic E-state index is 0.174. The van der Waals surface area contributed by atoms with Crippen molar-refractivity contribution >= 4 is 0 Å². The van der Waals surface area contributed by atoms with Gasteiger partial charge in [0.25, 0.3) is 0 Å². The molecule has 0 amide bonds. The second-order valence-electron chi connectivity index (χ2n) is 6.56. The summed E-state index contributed by atoms with van der Waals surface area (Å²) in [6, 6.07) is 6.73. The van der Waals surface area contributed by atoms with E-state index < -0.39 is 11.6 Å². The van der Waals surface area contributed by atoms with E-state index >= 15 is 0 Å². The Morgan fingerprint density at radius 1 is 1.00 bits per heavy atom. The van der Waals surface area contributed by atoms with Crippen LogP contribution in [0.2, 0.25) is 0 Å². The Bertz CT molecular complexity index is 702. The first-order chi connectivity index (χ1) is 11.7. The van der Waals surface area contributed by atoms with Gasteiger partial charge in [0.1, 0.15) is 17.7 Å². The number of piperidine rings is 2. The number of rotatable bonds is 3. The standard InChI is InChI=1S/C18H19F2N3O/c19-14-8-13(9-15(20)10-14)16-3-4-18(22-21-16)24-17-5-7-23-6-1-2-12(17)11-23/h3-4,8-10,12,17H,1-2,5-7,11H2/t12-,17-/m0/s1. The van der Waals surface area contributed by atoms with Crippen LogP contribution in [-0.4, -0.2) is 40.8 Å². The van der Waals surface area contributed by atoms with Gasteiger partial charge >= 0.3 is 0 Å². The minimum atomic E-state index is -0.629. The van der Waals surface area contributed by atoms with Crippen LogP contribution in [0.5, 0.6) is 5.88 Å². The van der Waals surface area contributed by atoms with Crippen LogP contribution < -0.4 is 4.74 Å². The van der Waals surface area contributed by atoms with Crippen LogP contribution in [0, 0.1) is 17.6 Å². The minimum Gasteiger partial charge on any atom is -0.473 e. The molecule has 2 aliphatic heterocycles. The highest BCUT2D eigenvalue weighted by atomic mass is 19.1. The fraction of sp³-hybridized carbons (Fsp3) is 0.444. The summed E-state index contributed by atoms with van der Waals surface area (Å²) in [6.45, 7) is 3.36. The van der Waals surface area contributed by atoms with E-state index in [9.17, 15) is 8.78 Å². The van der Waals surface area contributed by atoms with Crippen LogP contribution in [0.1, 0.15) is 19.3 Å². The van der Waals surface area contributed by atoms with E-state index in [2.05, 4.69) is 15.1 Å². The van der Waals surface area contributed by atoms with Gasteiger partial charge in [0, 0.05) is 36.7 Å². The summed E-state index contributed by atoms with van der Waals surface area (Å²) in [5.41, 5.74) is 0.792. The topological polar surface area (TPSA) is 38.2 Å². The number of hydrogen-bond donors (Lipinski definition) is 0. The lowest BCUT2D eigenvalue weighted by atomic mass is 9.87. The molecule has 4 nitrogen and oxygen atoms in total. The van der Waals surface area contributed by atoms with Crippen LogP contribution in [0.25, 0.3) is 11.3 Å². The van der Waals surface area contributed by atoms with E-state index in [0.717, 1.165) is 25.6 Å². The molecule has 0 spiro atoms. The molecule has 126 valence electrons. The average Bonchev–Trinajstić information content (AvgIpc) is 2.58. The quantitative estimate of drug-likeness (QED) is 0.865. The maximum absolute atomic E-state index is 13.3. The molecule has 3 atom stereocenters. The molecule has 1 unspecified atom stereocenters. The normalized spacial score (nSPS) is 26.2. The molecule has 3 heterocycles. The highest BCUT2D eigenvalue weighted by molar-refractivity contribution is 5.58. The lowest BCUT2D eigenvalue weighted by Crippen LogP contribution is -2.49. The van der Waals surface area contributed by atoms with Crippen LogP contribution in [0.4, 0.5) is 8.78 Å². The van der Waals surface area contributed by atoms with Crippen molar-refractivity contribution in [1.82, 2.24) is 15.1 Å². The van der Waals surface area contributed by atoms with Crippen LogP contribution in [-0.2, 0) is 0 Å². The molecule has 0 radical (unpaired) electrons. The number of aromatic nitrogens is 2. The fourth-order valence-electron chi connectivity index (χ4n) is 3.69. The van der Waals surface area contributed by atoms with Gasteiger partial charge in [-0.1, -0.05) is 0 Å². The highest BCUT2D eigenvalue weighted by Gasteiger charge is 2.33. The molecular formula is C18H19F2N3O. The molecule has 1 aromatic heterocycles. The zero-order chi connectivity index (χ0) is 16.5. The number of fused-ring (bicyclic) bond motifs is 2. The maximum Gasteiger partial charge on any atom is 0.233 e. The number of hydrogen-bond acceptors (Lipinski definition) is 4. The van der Waals surface area contributed by atoms with Crippen molar-refractivity contribution in [2.45, 2.75) is 25.4 Å². The largest absolute Gasteiger partial charge is 0.473 e. The average molecular weight is 331 g/mol. The molecule has 2 saturated heterocycles. The zero-order valence-corrected chi connectivity index (χ0v) is 13.3. The Labute approximate surface area is 139 Å². The van der Waals surface area contributed by atoms with Gasteiger partial charge in [-0.3, -0.25) is 0 Å². The van der Waals surface area contributed by atoms with Crippen LogP contribution in [0.3, 0.4) is 0 Å². The first kappa shape index (κ1) is 15.4. The number of halogens is 2. The van der Waals surface area contributed by atoms with Crippen molar-refractivity contribution in [3.8, 4) is 17.1 Å². The van der Waals surface area contributed by atoms with E-state index in [1.54, 1.807) is 12.1 Å². The van der Waals surface area contributed by atoms with Crippen LogP contribution >= 0.6 is 0 Å². The number of benzene rings is 1. The first-order valence-corrected chi connectivity index (χ1v) is 8.36. The molecule has 24 heavy (non-hydrogen) atoms. The molecule has 0 aliphatic carbocycles. The van der Waals surface area contributed by atoms with Crippen LogP contribution in [0.15, 0.2) is 30.3 Å². The Morgan fingerprint density at radius 2 is 1.83 bits per heavy atom. The van der Waals surface area contributed by atoms with E-state index in [-0.39, 0.29) is 6.10 Å². The summed E-state index contributed by atoms with van der Waals surface area (Å²) in [5.74, 6) is -0.238. The Kier molecular flexibility index (Phi) is 4.14. The van der Waals surface area contributed by atoms with Gasteiger partial charge in [-0.2, -0.15) is 0 Å². The van der Waals surface area contributed by atoms with Gasteiger partial charge in [0.15, 0.2) is 0 Å². The summed E-state index contributed by atoms with van der Waals surface area (Å²) < 4.78 is 32.6. The third kappa shape index (κ3) is 3.24. The molecule has 1 aromatic carbocycles. The molecule has 2 fully saturated rings. The summed E-state index contributed by atoms with van der Waals surface area (Å²) in [7, 11) is 0.